The van der Waals surface area contributed by atoms with E-state index in [1.807, 2.05) is 6.92 Å². The quantitative estimate of drug-likeness (QED) is 0.717. The summed E-state index contributed by atoms with van der Waals surface area (Å²) < 4.78 is 34.7. The first-order valence-electron chi connectivity index (χ1n) is 5.02. The topological polar surface area (TPSA) is 63.6 Å². The number of hydrogen-bond donors (Lipinski definition) is 1. The lowest BCUT2D eigenvalue weighted by atomic mass is 10.0. The largest absolute Gasteiger partial charge is 0.381 e. The van der Waals surface area contributed by atoms with Gasteiger partial charge in [-0.15, -0.1) is 0 Å². The average Bonchev–Trinajstić information content (AvgIpc) is 2.04. The molecule has 1 saturated heterocycles. The zero-order valence-corrected chi connectivity index (χ0v) is 10.1. The third kappa shape index (κ3) is 3.92. The van der Waals surface area contributed by atoms with Crippen LogP contribution in [0, 0.1) is 0 Å². The van der Waals surface area contributed by atoms with Crippen LogP contribution in [0.1, 0.15) is 19.8 Å². The monoisotopic (exact) mass is 244 g/mol. The Hall–Kier alpha value is -0.910. The summed E-state index contributed by atoms with van der Waals surface area (Å²) in [5.41, 5.74) is 1.67. The molecule has 0 atom stereocenters. The Morgan fingerprint density at radius 3 is 2.19 bits per heavy atom. The van der Waals surface area contributed by atoms with Crippen molar-refractivity contribution >= 4 is 10.1 Å². The molecule has 0 spiro atoms. The summed E-state index contributed by atoms with van der Waals surface area (Å²) in [6.45, 7) is 7.52. The van der Waals surface area contributed by atoms with Gasteiger partial charge in [0.1, 0.15) is 0 Å². The van der Waals surface area contributed by atoms with Crippen molar-refractivity contribution in [1.82, 2.24) is 0 Å². The lowest BCUT2D eigenvalue weighted by Crippen LogP contribution is -2.09. The Morgan fingerprint density at radius 2 is 1.88 bits per heavy atom. The normalized spacial score (nSPS) is 20.0. The van der Waals surface area contributed by atoms with Gasteiger partial charge in [0.15, 0.2) is 0 Å². The van der Waals surface area contributed by atoms with Crippen LogP contribution < -0.4 is 0 Å². The van der Waals surface area contributed by atoms with E-state index >= 15 is 0 Å². The summed E-state index contributed by atoms with van der Waals surface area (Å²) >= 11 is 0. The Labute approximate surface area is 96.1 Å². The highest BCUT2D eigenvalue weighted by Crippen LogP contribution is 2.25. The van der Waals surface area contributed by atoms with E-state index in [1.165, 1.54) is 12.5 Å². The Morgan fingerprint density at radius 1 is 1.38 bits per heavy atom. The molecule has 5 heteroatoms. The highest BCUT2D eigenvalue weighted by molar-refractivity contribution is 7.89. The van der Waals surface area contributed by atoms with Crippen LogP contribution in [-0.4, -0.2) is 26.2 Å². The van der Waals surface area contributed by atoms with Gasteiger partial charge in [-0.2, -0.15) is 8.42 Å². The molecule has 0 unspecified atom stereocenters. The van der Waals surface area contributed by atoms with Crippen LogP contribution in [0.4, 0.5) is 0 Å². The average molecular weight is 244 g/mol. The smallest absolute Gasteiger partial charge is 0.290 e. The molecule has 0 amide bonds. The molecular formula is C11H16O4S. The number of rotatable bonds is 1. The molecule has 1 heterocycles. The van der Waals surface area contributed by atoms with Gasteiger partial charge in [-0.1, -0.05) is 12.7 Å². The third-order valence-electron chi connectivity index (χ3n) is 2.37. The second-order valence-electron chi connectivity index (χ2n) is 3.70. The maximum atomic E-state index is 10.7. The first-order chi connectivity index (χ1) is 7.41. The lowest BCUT2D eigenvalue weighted by Gasteiger charge is -2.11. The van der Waals surface area contributed by atoms with Crippen LogP contribution in [0.2, 0.25) is 0 Å². The molecule has 0 aromatic rings. The van der Waals surface area contributed by atoms with E-state index in [0.29, 0.717) is 0 Å². The summed E-state index contributed by atoms with van der Waals surface area (Å²) in [5.74, 6) is 0. The standard InChI is InChI=1S/C8H10O3S.C3H6O/c1-6-3-4-8(5-7(6)2)12(9,10)11;1-2-4-3-1/h3-4H,2,5H2,1H3,(H,9,10,11);1-3H2. The van der Waals surface area contributed by atoms with Gasteiger partial charge in [0.05, 0.1) is 4.91 Å². The van der Waals surface area contributed by atoms with Crippen molar-refractivity contribution < 1.29 is 17.7 Å². The Bertz CT molecular complexity index is 421. The van der Waals surface area contributed by atoms with E-state index in [0.717, 1.165) is 24.4 Å². The Kier molecular flexibility index (Phi) is 4.46. The minimum absolute atomic E-state index is 0.0121. The van der Waals surface area contributed by atoms with Crippen LogP contribution in [0.3, 0.4) is 0 Å². The van der Waals surface area contributed by atoms with E-state index in [4.69, 9.17) is 9.29 Å². The fraction of sp³-hybridized carbons (Fsp3) is 0.455. The van der Waals surface area contributed by atoms with Crippen molar-refractivity contribution in [2.75, 3.05) is 13.2 Å². The van der Waals surface area contributed by atoms with Crippen molar-refractivity contribution in [2.24, 2.45) is 0 Å². The molecule has 0 saturated carbocycles. The van der Waals surface area contributed by atoms with Crippen molar-refractivity contribution in [2.45, 2.75) is 19.8 Å². The molecule has 90 valence electrons. The van der Waals surface area contributed by atoms with Crippen LogP contribution in [0.5, 0.6) is 0 Å². The molecule has 0 aromatic heterocycles. The van der Waals surface area contributed by atoms with Crippen molar-refractivity contribution in [3.05, 3.63) is 34.8 Å². The maximum Gasteiger partial charge on any atom is 0.290 e. The molecular weight excluding hydrogens is 228 g/mol. The summed E-state index contributed by atoms with van der Waals surface area (Å²) in [5, 5.41) is 0. The van der Waals surface area contributed by atoms with Gasteiger partial charge in [-0.3, -0.25) is 4.55 Å². The summed E-state index contributed by atoms with van der Waals surface area (Å²) in [6, 6.07) is 0. The third-order valence-corrected chi connectivity index (χ3v) is 3.32. The van der Waals surface area contributed by atoms with E-state index in [2.05, 4.69) is 6.58 Å². The van der Waals surface area contributed by atoms with Gasteiger partial charge in [-0.05, 0) is 30.6 Å². The fourth-order valence-corrected chi connectivity index (χ4v) is 1.66. The molecule has 0 bridgehead atoms. The van der Waals surface area contributed by atoms with E-state index < -0.39 is 10.1 Å². The summed E-state index contributed by atoms with van der Waals surface area (Å²) in [7, 11) is -4.03. The van der Waals surface area contributed by atoms with E-state index in [-0.39, 0.29) is 11.3 Å². The molecule has 16 heavy (non-hydrogen) atoms. The molecule has 1 N–H and O–H groups in total. The highest BCUT2D eigenvalue weighted by atomic mass is 32.2. The number of allylic oxidation sites excluding steroid dienone is 5. The second kappa shape index (κ2) is 5.43. The zero-order chi connectivity index (χ0) is 12.2. The molecule has 1 aliphatic carbocycles. The molecule has 2 rings (SSSR count). The summed E-state index contributed by atoms with van der Waals surface area (Å²) in [6.07, 6.45) is 4.52. The van der Waals surface area contributed by atoms with Crippen molar-refractivity contribution in [1.29, 1.82) is 0 Å². The van der Waals surface area contributed by atoms with Gasteiger partial charge >= 0.3 is 0 Å². The first-order valence-corrected chi connectivity index (χ1v) is 6.46. The Balaban J connectivity index is 0.000000267. The molecule has 1 aliphatic heterocycles. The molecule has 1 fully saturated rings. The predicted molar refractivity (Wildman–Crippen MR) is 62.6 cm³/mol. The van der Waals surface area contributed by atoms with Crippen LogP contribution in [-0.2, 0) is 14.9 Å². The van der Waals surface area contributed by atoms with Crippen LogP contribution >= 0.6 is 0 Å². The van der Waals surface area contributed by atoms with Crippen LogP contribution in [0.25, 0.3) is 0 Å². The van der Waals surface area contributed by atoms with Gasteiger partial charge in [0, 0.05) is 19.6 Å². The SMILES string of the molecule is C1COC1.C=C1CC(S(=O)(=O)O)=CC=C1C. The molecule has 0 radical (unpaired) electrons. The summed E-state index contributed by atoms with van der Waals surface area (Å²) in [4.78, 5) is 0.0121. The van der Waals surface area contributed by atoms with E-state index in [1.54, 1.807) is 6.08 Å². The lowest BCUT2D eigenvalue weighted by molar-refractivity contribution is 0.0367. The van der Waals surface area contributed by atoms with Gasteiger partial charge in [-0.25, -0.2) is 0 Å². The van der Waals surface area contributed by atoms with E-state index in [9.17, 15) is 8.42 Å². The minimum Gasteiger partial charge on any atom is -0.381 e. The number of hydrogen-bond acceptors (Lipinski definition) is 3. The molecule has 0 aromatic carbocycles. The van der Waals surface area contributed by atoms with Gasteiger partial charge in [0.25, 0.3) is 10.1 Å². The maximum absolute atomic E-state index is 10.7. The van der Waals surface area contributed by atoms with Crippen molar-refractivity contribution in [3.8, 4) is 0 Å². The first kappa shape index (κ1) is 13.2. The molecule has 4 nitrogen and oxygen atoms in total. The molecule has 2 aliphatic rings. The van der Waals surface area contributed by atoms with Gasteiger partial charge in [0.2, 0.25) is 0 Å². The van der Waals surface area contributed by atoms with Crippen LogP contribution in [0.15, 0.2) is 34.8 Å². The second-order valence-corrected chi connectivity index (χ2v) is 5.18. The highest BCUT2D eigenvalue weighted by Gasteiger charge is 2.17. The van der Waals surface area contributed by atoms with Gasteiger partial charge < -0.3 is 4.74 Å². The fourth-order valence-electron chi connectivity index (χ4n) is 1.07. The van der Waals surface area contributed by atoms with Crippen molar-refractivity contribution in [3.63, 3.8) is 0 Å². The minimum atomic E-state index is -4.03. The predicted octanol–water partition coefficient (Wildman–Crippen LogP) is 2.07. The number of ether oxygens (including phenoxy) is 1. The zero-order valence-electron chi connectivity index (χ0n) is 9.27.